The van der Waals surface area contributed by atoms with Crippen LogP contribution in [-0.4, -0.2) is 23.8 Å². The molecule has 2 aromatic rings. The first-order valence-electron chi connectivity index (χ1n) is 7.08. The van der Waals surface area contributed by atoms with Crippen molar-refractivity contribution in [3.05, 3.63) is 59.7 Å². The van der Waals surface area contributed by atoms with E-state index in [1.165, 1.54) is 12.1 Å². The smallest absolute Gasteiger partial charge is 0.411 e. The van der Waals surface area contributed by atoms with Gasteiger partial charge in [0, 0.05) is 0 Å². The molecule has 6 nitrogen and oxygen atoms in total. The Hall–Kier alpha value is -3.02. The molecule has 0 heterocycles. The fourth-order valence-electron chi connectivity index (χ4n) is 1.87. The predicted octanol–water partition coefficient (Wildman–Crippen LogP) is 3.32. The molecule has 0 aromatic heterocycles. The molecule has 1 amide bonds. The van der Waals surface area contributed by atoms with Gasteiger partial charge in [-0.25, -0.2) is 9.59 Å². The molecule has 0 unspecified atom stereocenters. The average Bonchev–Trinajstić information content (AvgIpc) is 2.55. The molecule has 0 fully saturated rings. The molecule has 0 aliphatic rings. The van der Waals surface area contributed by atoms with Crippen LogP contribution in [0.25, 0.3) is 0 Å². The van der Waals surface area contributed by atoms with Crippen LogP contribution in [0.5, 0.6) is 5.75 Å². The molecule has 0 atom stereocenters. The summed E-state index contributed by atoms with van der Waals surface area (Å²) in [7, 11) is 0. The minimum absolute atomic E-state index is 0.0493. The first-order valence-corrected chi connectivity index (χ1v) is 7.08. The highest BCUT2D eigenvalue weighted by Gasteiger charge is 2.14. The molecule has 0 aliphatic heterocycles. The van der Waals surface area contributed by atoms with Crippen molar-refractivity contribution in [2.75, 3.05) is 11.9 Å². The summed E-state index contributed by atoms with van der Waals surface area (Å²) >= 11 is 0. The number of ether oxygens (including phenoxy) is 2. The van der Waals surface area contributed by atoms with Gasteiger partial charge < -0.3 is 14.6 Å². The van der Waals surface area contributed by atoms with Crippen molar-refractivity contribution in [3.63, 3.8) is 0 Å². The number of hydrogen-bond acceptors (Lipinski definition) is 5. The van der Waals surface area contributed by atoms with Crippen LogP contribution in [0, 0.1) is 0 Å². The molecule has 0 spiro atoms. The van der Waals surface area contributed by atoms with Crippen molar-refractivity contribution in [1.29, 1.82) is 0 Å². The number of nitrogens with one attached hydrogen (secondary N) is 1. The van der Waals surface area contributed by atoms with E-state index in [1.807, 2.05) is 0 Å². The second-order valence-electron chi connectivity index (χ2n) is 4.63. The fourth-order valence-corrected chi connectivity index (χ4v) is 1.87. The highest BCUT2D eigenvalue weighted by atomic mass is 16.5. The van der Waals surface area contributed by atoms with Gasteiger partial charge in [0.25, 0.3) is 0 Å². The molecule has 2 N–H and O–H groups in total. The van der Waals surface area contributed by atoms with Crippen LogP contribution in [0.2, 0.25) is 0 Å². The number of esters is 1. The van der Waals surface area contributed by atoms with Crippen LogP contribution < -0.4 is 5.32 Å². The summed E-state index contributed by atoms with van der Waals surface area (Å²) in [6.45, 7) is 2.01. The number of rotatable bonds is 5. The van der Waals surface area contributed by atoms with Crippen LogP contribution >= 0.6 is 0 Å². The zero-order valence-electron chi connectivity index (χ0n) is 12.6. The standard InChI is InChI=1S/C17H17NO5/c1-2-22-16(20)14-5-3-4-6-15(14)18-17(21)23-11-12-7-9-13(19)10-8-12/h3-10,19H,2,11H2,1H3,(H,18,21). The number of aromatic hydroxyl groups is 1. The monoisotopic (exact) mass is 315 g/mol. The second kappa shape index (κ2) is 7.84. The number of anilines is 1. The first kappa shape index (κ1) is 16.4. The summed E-state index contributed by atoms with van der Waals surface area (Å²) in [5, 5.41) is 11.7. The summed E-state index contributed by atoms with van der Waals surface area (Å²) in [5.74, 6) is -0.372. The molecule has 6 heteroatoms. The van der Waals surface area contributed by atoms with E-state index in [2.05, 4.69) is 5.32 Å². The third kappa shape index (κ3) is 4.74. The lowest BCUT2D eigenvalue weighted by atomic mass is 10.2. The Kier molecular flexibility index (Phi) is 5.57. The Labute approximate surface area is 133 Å². The van der Waals surface area contributed by atoms with Crippen LogP contribution in [0.3, 0.4) is 0 Å². The molecule has 0 bridgehead atoms. The van der Waals surface area contributed by atoms with Crippen LogP contribution in [-0.2, 0) is 16.1 Å². The second-order valence-corrected chi connectivity index (χ2v) is 4.63. The largest absolute Gasteiger partial charge is 0.508 e. The van der Waals surface area contributed by atoms with Gasteiger partial charge in [0.2, 0.25) is 0 Å². The van der Waals surface area contributed by atoms with Crippen molar-refractivity contribution >= 4 is 17.7 Å². The molecule has 0 aliphatic carbocycles. The van der Waals surface area contributed by atoms with E-state index in [9.17, 15) is 14.7 Å². The van der Waals surface area contributed by atoms with Crippen molar-refractivity contribution < 1.29 is 24.2 Å². The minimum atomic E-state index is -0.685. The molecule has 0 saturated carbocycles. The maximum Gasteiger partial charge on any atom is 0.411 e. The predicted molar refractivity (Wildman–Crippen MR) is 84.3 cm³/mol. The van der Waals surface area contributed by atoms with Crippen molar-refractivity contribution in [2.24, 2.45) is 0 Å². The number of carbonyl (C=O) groups excluding carboxylic acids is 2. The summed E-state index contributed by atoms with van der Waals surface area (Å²) in [5.41, 5.74) is 1.31. The van der Waals surface area contributed by atoms with Gasteiger partial charge in [-0.05, 0) is 36.8 Å². The fraction of sp³-hybridized carbons (Fsp3) is 0.176. The number of phenols is 1. The maximum absolute atomic E-state index is 11.9. The van der Waals surface area contributed by atoms with E-state index in [4.69, 9.17) is 9.47 Å². The zero-order chi connectivity index (χ0) is 16.7. The summed E-state index contributed by atoms with van der Waals surface area (Å²) in [6, 6.07) is 12.8. The lowest BCUT2D eigenvalue weighted by molar-refractivity contribution is 0.0527. The van der Waals surface area contributed by atoms with Crippen molar-refractivity contribution in [2.45, 2.75) is 13.5 Å². The summed E-state index contributed by atoms with van der Waals surface area (Å²) in [6.07, 6.45) is -0.685. The highest BCUT2D eigenvalue weighted by Crippen LogP contribution is 2.17. The molecular weight excluding hydrogens is 298 g/mol. The Morgan fingerprint density at radius 2 is 1.74 bits per heavy atom. The number of benzene rings is 2. The first-order chi connectivity index (χ1) is 11.1. The van der Waals surface area contributed by atoms with Crippen molar-refractivity contribution in [3.8, 4) is 5.75 Å². The lowest BCUT2D eigenvalue weighted by Gasteiger charge is -2.10. The van der Waals surface area contributed by atoms with E-state index in [-0.39, 0.29) is 24.5 Å². The summed E-state index contributed by atoms with van der Waals surface area (Å²) in [4.78, 5) is 23.7. The van der Waals surface area contributed by atoms with Crippen LogP contribution in [0.1, 0.15) is 22.8 Å². The third-order valence-electron chi connectivity index (χ3n) is 2.97. The minimum Gasteiger partial charge on any atom is -0.508 e. The van der Waals surface area contributed by atoms with E-state index >= 15 is 0 Å². The van der Waals surface area contributed by atoms with Crippen LogP contribution in [0.15, 0.2) is 48.5 Å². The Balaban J connectivity index is 1.97. The molecule has 2 rings (SSSR count). The SMILES string of the molecule is CCOC(=O)c1ccccc1NC(=O)OCc1ccc(O)cc1. The number of hydrogen-bond donors (Lipinski definition) is 2. The van der Waals surface area contributed by atoms with Gasteiger partial charge in [-0.3, -0.25) is 5.32 Å². The van der Waals surface area contributed by atoms with E-state index < -0.39 is 12.1 Å². The van der Waals surface area contributed by atoms with E-state index in [1.54, 1.807) is 43.3 Å². The van der Waals surface area contributed by atoms with E-state index in [0.29, 0.717) is 5.69 Å². The molecule has 0 radical (unpaired) electrons. The number of amides is 1. The van der Waals surface area contributed by atoms with Gasteiger partial charge in [0.05, 0.1) is 17.9 Å². The molecule has 0 saturated heterocycles. The van der Waals surface area contributed by atoms with Gasteiger partial charge in [-0.2, -0.15) is 0 Å². The van der Waals surface area contributed by atoms with Gasteiger partial charge in [-0.15, -0.1) is 0 Å². The van der Waals surface area contributed by atoms with Gasteiger partial charge in [-0.1, -0.05) is 24.3 Å². The zero-order valence-corrected chi connectivity index (χ0v) is 12.6. The maximum atomic E-state index is 11.9. The van der Waals surface area contributed by atoms with Crippen molar-refractivity contribution in [1.82, 2.24) is 0 Å². The highest BCUT2D eigenvalue weighted by molar-refractivity contribution is 5.99. The molecule has 120 valence electrons. The topological polar surface area (TPSA) is 84.9 Å². The Morgan fingerprint density at radius 3 is 2.43 bits per heavy atom. The lowest BCUT2D eigenvalue weighted by Crippen LogP contribution is -2.16. The number of phenolic OH excluding ortho intramolecular Hbond substituents is 1. The van der Waals surface area contributed by atoms with Gasteiger partial charge in [0.1, 0.15) is 12.4 Å². The molecule has 2 aromatic carbocycles. The Bertz CT molecular complexity index is 682. The average molecular weight is 315 g/mol. The quantitative estimate of drug-likeness (QED) is 0.827. The number of carbonyl (C=O) groups is 2. The van der Waals surface area contributed by atoms with Gasteiger partial charge >= 0.3 is 12.1 Å². The molecule has 23 heavy (non-hydrogen) atoms. The van der Waals surface area contributed by atoms with Crippen LogP contribution in [0.4, 0.5) is 10.5 Å². The third-order valence-corrected chi connectivity index (χ3v) is 2.97. The summed E-state index contributed by atoms with van der Waals surface area (Å²) < 4.78 is 10.0. The molecular formula is C17H17NO5. The Morgan fingerprint density at radius 1 is 1.04 bits per heavy atom. The number of para-hydroxylation sites is 1. The van der Waals surface area contributed by atoms with Gasteiger partial charge in [0.15, 0.2) is 0 Å². The normalized spacial score (nSPS) is 9.96. The van der Waals surface area contributed by atoms with E-state index in [0.717, 1.165) is 5.56 Å².